The van der Waals surface area contributed by atoms with Crippen molar-refractivity contribution in [3.05, 3.63) is 40.7 Å². The number of hydrogen-bond acceptors (Lipinski definition) is 7. The minimum atomic E-state index is -0.483. The quantitative estimate of drug-likeness (QED) is 0.614. The summed E-state index contributed by atoms with van der Waals surface area (Å²) < 4.78 is 10.7. The second kappa shape index (κ2) is 7.12. The smallest absolute Gasteiger partial charge is 0.373 e. The van der Waals surface area contributed by atoms with Crippen LogP contribution in [0.4, 0.5) is 11.5 Å². The largest absolute Gasteiger partial charge is 0.497 e. The molecule has 0 radical (unpaired) electrons. The maximum absolute atomic E-state index is 11.6. The summed E-state index contributed by atoms with van der Waals surface area (Å²) in [7, 11) is 1.57. The number of benzene rings is 1. The lowest BCUT2D eigenvalue weighted by Gasteiger charge is -2.27. The number of aromatic nitrogens is 2. The van der Waals surface area contributed by atoms with Crippen molar-refractivity contribution in [2.24, 2.45) is 0 Å². The molecule has 0 amide bonds. The fourth-order valence-corrected chi connectivity index (χ4v) is 2.68. The fraction of sp³-hybridized carbons (Fsp3) is 0.375. The van der Waals surface area contributed by atoms with Gasteiger partial charge in [0.05, 0.1) is 12.0 Å². The Morgan fingerprint density at radius 2 is 1.75 bits per heavy atom. The van der Waals surface area contributed by atoms with Crippen molar-refractivity contribution in [3.8, 4) is 17.4 Å². The maximum atomic E-state index is 11.6. The van der Waals surface area contributed by atoms with Gasteiger partial charge in [-0.05, 0) is 43.5 Å². The van der Waals surface area contributed by atoms with Crippen molar-refractivity contribution in [2.75, 3.05) is 25.1 Å². The van der Waals surface area contributed by atoms with Crippen molar-refractivity contribution in [3.63, 3.8) is 0 Å². The van der Waals surface area contributed by atoms with E-state index in [-0.39, 0.29) is 11.6 Å². The summed E-state index contributed by atoms with van der Waals surface area (Å²) >= 11 is 0. The molecule has 8 heteroatoms. The molecule has 0 unspecified atom stereocenters. The Hall–Kier alpha value is -2.90. The number of anilines is 1. The molecular weight excluding hydrogens is 312 g/mol. The van der Waals surface area contributed by atoms with Crippen LogP contribution in [-0.4, -0.2) is 35.1 Å². The van der Waals surface area contributed by atoms with E-state index in [9.17, 15) is 10.1 Å². The summed E-state index contributed by atoms with van der Waals surface area (Å²) in [5.74, 6) is 1.38. The van der Waals surface area contributed by atoms with Crippen molar-refractivity contribution in [1.82, 2.24) is 9.97 Å². The van der Waals surface area contributed by atoms with Gasteiger partial charge in [-0.2, -0.15) is 4.98 Å². The first-order chi connectivity index (χ1) is 11.7. The molecule has 1 aromatic carbocycles. The van der Waals surface area contributed by atoms with Crippen LogP contribution in [0.1, 0.15) is 19.3 Å². The lowest BCUT2D eigenvalue weighted by atomic mass is 10.1. The molecule has 126 valence electrons. The van der Waals surface area contributed by atoms with E-state index in [1.165, 1.54) is 6.33 Å². The van der Waals surface area contributed by atoms with Gasteiger partial charge in [0.15, 0.2) is 0 Å². The maximum Gasteiger partial charge on any atom is 0.373 e. The molecule has 3 rings (SSSR count). The number of piperidine rings is 1. The summed E-state index contributed by atoms with van der Waals surface area (Å²) in [5, 5.41) is 11.6. The predicted octanol–water partition coefficient (Wildman–Crippen LogP) is 3.18. The number of methoxy groups -OCH3 is 1. The van der Waals surface area contributed by atoms with E-state index in [1.54, 1.807) is 31.4 Å². The van der Waals surface area contributed by atoms with Crippen LogP contribution in [0.2, 0.25) is 0 Å². The molecule has 1 aliphatic heterocycles. The number of ether oxygens (including phenoxy) is 2. The van der Waals surface area contributed by atoms with Gasteiger partial charge in [0.1, 0.15) is 17.8 Å². The van der Waals surface area contributed by atoms with Gasteiger partial charge in [0.2, 0.25) is 5.82 Å². The van der Waals surface area contributed by atoms with Gasteiger partial charge in [-0.3, -0.25) is 10.1 Å². The van der Waals surface area contributed by atoms with Crippen molar-refractivity contribution < 1.29 is 14.4 Å². The third-order valence-electron chi connectivity index (χ3n) is 3.88. The van der Waals surface area contributed by atoms with Crippen molar-refractivity contribution >= 4 is 11.5 Å². The third-order valence-corrected chi connectivity index (χ3v) is 3.88. The topological polar surface area (TPSA) is 90.6 Å². The molecule has 0 spiro atoms. The fourth-order valence-electron chi connectivity index (χ4n) is 2.68. The molecule has 0 aliphatic carbocycles. The van der Waals surface area contributed by atoms with Crippen LogP contribution in [0, 0.1) is 10.1 Å². The summed E-state index contributed by atoms with van der Waals surface area (Å²) in [4.78, 5) is 21.1. The molecular formula is C16H18N4O4. The standard InChI is InChI=1S/C16H18N4O4/c1-23-12-5-7-13(8-6-12)24-16-14(20(21)22)15(17-11-18-16)19-9-3-2-4-10-19/h5-8,11H,2-4,9-10H2,1H3. The lowest BCUT2D eigenvalue weighted by Crippen LogP contribution is -2.30. The third kappa shape index (κ3) is 3.37. The van der Waals surface area contributed by atoms with Crippen molar-refractivity contribution in [1.29, 1.82) is 0 Å². The zero-order valence-corrected chi connectivity index (χ0v) is 13.3. The summed E-state index contributed by atoms with van der Waals surface area (Å²) in [6, 6.07) is 6.78. The van der Waals surface area contributed by atoms with E-state index in [1.807, 2.05) is 4.90 Å². The zero-order valence-electron chi connectivity index (χ0n) is 13.3. The van der Waals surface area contributed by atoms with Gasteiger partial charge in [-0.1, -0.05) is 0 Å². The Kier molecular flexibility index (Phi) is 4.74. The molecule has 1 aromatic heterocycles. The Balaban J connectivity index is 1.92. The van der Waals surface area contributed by atoms with E-state index in [0.29, 0.717) is 17.3 Å². The molecule has 8 nitrogen and oxygen atoms in total. The Morgan fingerprint density at radius 1 is 1.08 bits per heavy atom. The summed E-state index contributed by atoms with van der Waals surface area (Å²) in [6.45, 7) is 1.50. The predicted molar refractivity (Wildman–Crippen MR) is 87.8 cm³/mol. The van der Waals surface area contributed by atoms with E-state index >= 15 is 0 Å². The highest BCUT2D eigenvalue weighted by atomic mass is 16.6. The van der Waals surface area contributed by atoms with Gasteiger partial charge in [-0.15, -0.1) is 0 Å². The van der Waals surface area contributed by atoms with E-state index < -0.39 is 4.92 Å². The Bertz CT molecular complexity index is 715. The first-order valence-electron chi connectivity index (χ1n) is 7.75. The molecule has 2 aromatic rings. The summed E-state index contributed by atoms with van der Waals surface area (Å²) in [5.41, 5.74) is -0.199. The van der Waals surface area contributed by atoms with Crippen LogP contribution in [0.5, 0.6) is 17.4 Å². The molecule has 1 saturated heterocycles. The molecule has 0 atom stereocenters. The number of hydrogen-bond donors (Lipinski definition) is 0. The minimum Gasteiger partial charge on any atom is -0.497 e. The highest BCUT2D eigenvalue weighted by molar-refractivity contribution is 5.63. The van der Waals surface area contributed by atoms with E-state index in [0.717, 1.165) is 32.4 Å². The van der Waals surface area contributed by atoms with E-state index in [2.05, 4.69) is 9.97 Å². The highest BCUT2D eigenvalue weighted by Crippen LogP contribution is 2.37. The summed E-state index contributed by atoms with van der Waals surface area (Å²) in [6.07, 6.45) is 4.42. The Morgan fingerprint density at radius 3 is 2.38 bits per heavy atom. The van der Waals surface area contributed by atoms with Crippen LogP contribution in [0.3, 0.4) is 0 Å². The van der Waals surface area contributed by atoms with Crippen LogP contribution in [0.15, 0.2) is 30.6 Å². The molecule has 0 bridgehead atoms. The average molecular weight is 330 g/mol. The molecule has 0 saturated carbocycles. The molecule has 1 aliphatic rings. The van der Waals surface area contributed by atoms with Crippen LogP contribution < -0.4 is 14.4 Å². The SMILES string of the molecule is COc1ccc(Oc2ncnc(N3CCCCC3)c2[N+](=O)[O-])cc1. The number of rotatable bonds is 5. The second-order valence-electron chi connectivity index (χ2n) is 5.43. The van der Waals surface area contributed by atoms with Gasteiger partial charge in [-0.25, -0.2) is 4.98 Å². The first-order valence-corrected chi connectivity index (χ1v) is 7.75. The van der Waals surface area contributed by atoms with Crippen LogP contribution in [-0.2, 0) is 0 Å². The molecule has 24 heavy (non-hydrogen) atoms. The Labute approximate surface area is 139 Å². The van der Waals surface area contributed by atoms with E-state index in [4.69, 9.17) is 9.47 Å². The monoisotopic (exact) mass is 330 g/mol. The minimum absolute atomic E-state index is 0.0549. The number of nitrogens with zero attached hydrogens (tertiary/aromatic N) is 4. The number of nitro groups is 1. The van der Waals surface area contributed by atoms with Gasteiger partial charge < -0.3 is 14.4 Å². The van der Waals surface area contributed by atoms with Crippen LogP contribution >= 0.6 is 0 Å². The average Bonchev–Trinajstić information content (AvgIpc) is 2.62. The second-order valence-corrected chi connectivity index (χ2v) is 5.43. The van der Waals surface area contributed by atoms with Gasteiger partial charge in [0.25, 0.3) is 0 Å². The molecule has 0 N–H and O–H groups in total. The molecule has 2 heterocycles. The van der Waals surface area contributed by atoms with Gasteiger partial charge in [0, 0.05) is 13.1 Å². The zero-order chi connectivity index (χ0) is 16.9. The van der Waals surface area contributed by atoms with Crippen molar-refractivity contribution in [2.45, 2.75) is 19.3 Å². The molecule has 1 fully saturated rings. The van der Waals surface area contributed by atoms with Gasteiger partial charge >= 0.3 is 11.6 Å². The normalized spacial score (nSPS) is 14.3. The highest BCUT2D eigenvalue weighted by Gasteiger charge is 2.29. The first kappa shape index (κ1) is 16.0. The van der Waals surface area contributed by atoms with Crippen LogP contribution in [0.25, 0.3) is 0 Å². The lowest BCUT2D eigenvalue weighted by molar-refractivity contribution is -0.385.